The third kappa shape index (κ3) is 5.13. The standard InChI is InChI=1S/C18H28N2O3/c1-3-11-22-17-12-15(19)7-8-16(17)18(21)23-13-14(2)20-9-5-4-6-10-20/h7-8,12,14H,3-6,9-11,13,19H2,1-2H3/t14-/m0/s1. The van der Waals surface area contributed by atoms with Crippen LogP contribution in [0.5, 0.6) is 5.75 Å². The Morgan fingerprint density at radius 1 is 1.30 bits per heavy atom. The van der Waals surface area contributed by atoms with Crippen molar-refractivity contribution in [2.75, 3.05) is 32.0 Å². The number of carbonyl (C=O) groups excluding carboxylic acids is 1. The molecule has 0 amide bonds. The van der Waals surface area contributed by atoms with Gasteiger partial charge in [-0.25, -0.2) is 4.79 Å². The number of likely N-dealkylation sites (tertiary alicyclic amines) is 1. The van der Waals surface area contributed by atoms with Crippen LogP contribution in [0, 0.1) is 0 Å². The number of hydrogen-bond donors (Lipinski definition) is 1. The lowest BCUT2D eigenvalue weighted by Gasteiger charge is -2.31. The number of piperidine rings is 1. The molecule has 1 heterocycles. The number of nitrogen functional groups attached to an aromatic ring is 1. The molecule has 2 N–H and O–H groups in total. The predicted octanol–water partition coefficient (Wildman–Crippen LogP) is 3.09. The van der Waals surface area contributed by atoms with E-state index in [1.54, 1.807) is 18.2 Å². The lowest BCUT2D eigenvalue weighted by Crippen LogP contribution is -2.40. The van der Waals surface area contributed by atoms with Crippen LogP contribution >= 0.6 is 0 Å². The maximum absolute atomic E-state index is 12.4. The van der Waals surface area contributed by atoms with E-state index < -0.39 is 0 Å². The molecule has 5 heteroatoms. The summed E-state index contributed by atoms with van der Waals surface area (Å²) < 4.78 is 11.1. The van der Waals surface area contributed by atoms with Crippen molar-refractivity contribution in [2.24, 2.45) is 0 Å². The first kappa shape index (κ1) is 17.6. The van der Waals surface area contributed by atoms with Crippen LogP contribution in [-0.4, -0.2) is 43.2 Å². The van der Waals surface area contributed by atoms with E-state index in [0.29, 0.717) is 30.2 Å². The van der Waals surface area contributed by atoms with Crippen molar-refractivity contribution in [1.29, 1.82) is 0 Å². The molecule has 128 valence electrons. The van der Waals surface area contributed by atoms with Crippen LogP contribution in [-0.2, 0) is 4.74 Å². The summed E-state index contributed by atoms with van der Waals surface area (Å²) in [5, 5.41) is 0. The molecule has 2 rings (SSSR count). The minimum atomic E-state index is -0.347. The smallest absolute Gasteiger partial charge is 0.341 e. The van der Waals surface area contributed by atoms with Gasteiger partial charge in [-0.05, 0) is 51.4 Å². The zero-order chi connectivity index (χ0) is 16.7. The Labute approximate surface area is 138 Å². The quantitative estimate of drug-likeness (QED) is 0.618. The fraction of sp³-hybridized carbons (Fsp3) is 0.611. The van der Waals surface area contributed by atoms with E-state index in [0.717, 1.165) is 19.5 Å². The molecular formula is C18H28N2O3. The van der Waals surface area contributed by atoms with Gasteiger partial charge >= 0.3 is 5.97 Å². The Morgan fingerprint density at radius 3 is 2.74 bits per heavy atom. The second-order valence-electron chi connectivity index (χ2n) is 6.15. The van der Waals surface area contributed by atoms with E-state index in [9.17, 15) is 4.79 Å². The zero-order valence-electron chi connectivity index (χ0n) is 14.2. The van der Waals surface area contributed by atoms with Gasteiger partial charge in [0, 0.05) is 17.8 Å². The van der Waals surface area contributed by atoms with Gasteiger partial charge in [0.25, 0.3) is 0 Å². The fourth-order valence-corrected chi connectivity index (χ4v) is 2.78. The number of rotatable bonds is 7. The number of nitrogens with zero attached hydrogens (tertiary/aromatic N) is 1. The molecule has 1 aromatic rings. The van der Waals surface area contributed by atoms with Crippen LogP contribution in [0.1, 0.15) is 49.9 Å². The molecule has 1 aromatic carbocycles. The Hall–Kier alpha value is -1.75. The first-order valence-corrected chi connectivity index (χ1v) is 8.55. The lowest BCUT2D eigenvalue weighted by molar-refractivity contribution is 0.0343. The van der Waals surface area contributed by atoms with E-state index >= 15 is 0 Å². The molecule has 0 aliphatic carbocycles. The molecule has 5 nitrogen and oxygen atoms in total. The second kappa shape index (κ2) is 8.77. The molecule has 0 aromatic heterocycles. The molecule has 1 atom stereocenters. The topological polar surface area (TPSA) is 64.8 Å². The highest BCUT2D eigenvalue weighted by molar-refractivity contribution is 5.93. The van der Waals surface area contributed by atoms with Crippen molar-refractivity contribution in [1.82, 2.24) is 4.90 Å². The number of benzene rings is 1. The van der Waals surface area contributed by atoms with E-state index in [1.165, 1.54) is 19.3 Å². The molecule has 0 unspecified atom stereocenters. The minimum absolute atomic E-state index is 0.244. The van der Waals surface area contributed by atoms with E-state index in [4.69, 9.17) is 15.2 Å². The third-order valence-corrected chi connectivity index (χ3v) is 4.16. The monoisotopic (exact) mass is 320 g/mol. The number of anilines is 1. The summed E-state index contributed by atoms with van der Waals surface area (Å²) in [6.07, 6.45) is 4.62. The zero-order valence-corrected chi connectivity index (χ0v) is 14.2. The normalized spacial score (nSPS) is 16.8. The highest BCUT2D eigenvalue weighted by Gasteiger charge is 2.20. The van der Waals surface area contributed by atoms with Crippen molar-refractivity contribution in [3.05, 3.63) is 23.8 Å². The molecule has 1 aliphatic heterocycles. The number of esters is 1. The molecular weight excluding hydrogens is 292 g/mol. The third-order valence-electron chi connectivity index (χ3n) is 4.16. The van der Waals surface area contributed by atoms with Crippen molar-refractivity contribution >= 4 is 11.7 Å². The van der Waals surface area contributed by atoms with Gasteiger partial charge in [-0.2, -0.15) is 0 Å². The first-order chi connectivity index (χ1) is 11.1. The van der Waals surface area contributed by atoms with E-state index in [-0.39, 0.29) is 12.0 Å². The number of nitrogens with two attached hydrogens (primary N) is 1. The summed E-state index contributed by atoms with van der Waals surface area (Å²) in [4.78, 5) is 14.7. The van der Waals surface area contributed by atoms with Crippen molar-refractivity contribution in [2.45, 2.75) is 45.6 Å². The number of ether oxygens (including phenoxy) is 2. The van der Waals surface area contributed by atoms with E-state index in [2.05, 4.69) is 11.8 Å². The molecule has 1 aliphatic rings. The van der Waals surface area contributed by atoms with Gasteiger partial charge in [-0.1, -0.05) is 13.3 Å². The molecule has 0 bridgehead atoms. The maximum Gasteiger partial charge on any atom is 0.341 e. The summed E-state index contributed by atoms with van der Waals surface area (Å²) in [6.45, 7) is 7.25. The van der Waals surface area contributed by atoms with Gasteiger partial charge in [0.2, 0.25) is 0 Å². The maximum atomic E-state index is 12.4. The summed E-state index contributed by atoms with van der Waals surface area (Å²) >= 11 is 0. The predicted molar refractivity (Wildman–Crippen MR) is 91.8 cm³/mol. The summed E-state index contributed by atoms with van der Waals surface area (Å²) in [6, 6.07) is 5.30. The average Bonchev–Trinajstić information content (AvgIpc) is 2.58. The van der Waals surface area contributed by atoms with Crippen LogP contribution in [0.25, 0.3) is 0 Å². The van der Waals surface area contributed by atoms with Crippen molar-refractivity contribution in [3.63, 3.8) is 0 Å². The first-order valence-electron chi connectivity index (χ1n) is 8.55. The second-order valence-corrected chi connectivity index (χ2v) is 6.15. The Balaban J connectivity index is 1.94. The molecule has 0 saturated carbocycles. The van der Waals surface area contributed by atoms with Crippen LogP contribution < -0.4 is 10.5 Å². The largest absolute Gasteiger partial charge is 0.493 e. The van der Waals surface area contributed by atoms with Crippen LogP contribution in [0.3, 0.4) is 0 Å². The van der Waals surface area contributed by atoms with E-state index in [1.807, 2.05) is 6.92 Å². The lowest BCUT2D eigenvalue weighted by atomic mass is 10.1. The molecule has 1 fully saturated rings. The highest BCUT2D eigenvalue weighted by Crippen LogP contribution is 2.23. The number of hydrogen-bond acceptors (Lipinski definition) is 5. The van der Waals surface area contributed by atoms with Crippen LogP contribution in [0.4, 0.5) is 5.69 Å². The van der Waals surface area contributed by atoms with Crippen LogP contribution in [0.2, 0.25) is 0 Å². The Kier molecular flexibility index (Phi) is 6.71. The fourth-order valence-electron chi connectivity index (χ4n) is 2.78. The van der Waals surface area contributed by atoms with Crippen molar-refractivity contribution in [3.8, 4) is 5.75 Å². The van der Waals surface area contributed by atoms with Gasteiger partial charge < -0.3 is 15.2 Å². The van der Waals surface area contributed by atoms with Gasteiger partial charge in [0.05, 0.1) is 6.61 Å². The summed E-state index contributed by atoms with van der Waals surface area (Å²) in [5.74, 6) is 0.155. The van der Waals surface area contributed by atoms with Gasteiger partial charge in [0.1, 0.15) is 17.9 Å². The Bertz CT molecular complexity index is 513. The molecule has 0 radical (unpaired) electrons. The minimum Gasteiger partial charge on any atom is -0.493 e. The molecule has 1 saturated heterocycles. The van der Waals surface area contributed by atoms with Gasteiger partial charge in [-0.15, -0.1) is 0 Å². The summed E-state index contributed by atoms with van der Waals surface area (Å²) in [5.41, 5.74) is 6.80. The molecule has 0 spiro atoms. The average molecular weight is 320 g/mol. The number of carbonyl (C=O) groups is 1. The Morgan fingerprint density at radius 2 is 2.04 bits per heavy atom. The summed E-state index contributed by atoms with van der Waals surface area (Å²) in [7, 11) is 0. The molecule has 23 heavy (non-hydrogen) atoms. The highest BCUT2D eigenvalue weighted by atomic mass is 16.5. The van der Waals surface area contributed by atoms with Crippen LogP contribution in [0.15, 0.2) is 18.2 Å². The van der Waals surface area contributed by atoms with Gasteiger partial charge in [0.15, 0.2) is 0 Å². The van der Waals surface area contributed by atoms with Crippen molar-refractivity contribution < 1.29 is 14.3 Å². The van der Waals surface area contributed by atoms with Gasteiger partial charge in [-0.3, -0.25) is 4.90 Å². The SMILES string of the molecule is CCCOc1cc(N)ccc1C(=O)OC[C@H](C)N1CCCCC1.